The molecule has 3 heteroatoms. The van der Waals surface area contributed by atoms with Gasteiger partial charge in [0.25, 0.3) is 0 Å². The van der Waals surface area contributed by atoms with Gasteiger partial charge in [0.15, 0.2) is 0 Å². The van der Waals surface area contributed by atoms with Crippen LogP contribution in [-0.4, -0.2) is 4.57 Å². The second-order valence-corrected chi connectivity index (χ2v) is 14.9. The third-order valence-electron chi connectivity index (χ3n) is 10.2. The molecule has 0 atom stereocenters. The SMILES string of the molecule is CC/C(=C\C=C(C)C)n1c2ccccc2c2cc(N(c3ccc4c5c(sc4c3)=CCCC=5)c3cccc(C)c3C3=C(C)CCC=C3)ccc21. The van der Waals surface area contributed by atoms with Gasteiger partial charge in [0.1, 0.15) is 0 Å². The van der Waals surface area contributed by atoms with Gasteiger partial charge in [-0.1, -0.05) is 84.8 Å². The number of aromatic nitrogens is 1. The lowest BCUT2D eigenvalue weighted by molar-refractivity contribution is 0.966. The van der Waals surface area contributed by atoms with Gasteiger partial charge in [0.2, 0.25) is 0 Å². The van der Waals surface area contributed by atoms with E-state index in [4.69, 9.17) is 0 Å². The lowest BCUT2D eigenvalue weighted by Crippen LogP contribution is -2.20. The highest BCUT2D eigenvalue weighted by Gasteiger charge is 2.23. The van der Waals surface area contributed by atoms with Crippen LogP contribution in [0.5, 0.6) is 0 Å². The van der Waals surface area contributed by atoms with E-state index in [0.29, 0.717) is 0 Å². The van der Waals surface area contributed by atoms with Gasteiger partial charge in [0, 0.05) is 48.0 Å². The predicted molar refractivity (Wildman–Crippen MR) is 217 cm³/mol. The molecule has 2 aliphatic rings. The van der Waals surface area contributed by atoms with Crippen molar-refractivity contribution >= 4 is 83.7 Å². The van der Waals surface area contributed by atoms with E-state index in [1.165, 1.54) is 92.2 Å². The smallest absolute Gasteiger partial charge is 0.0542 e. The average molecular weight is 657 g/mol. The number of anilines is 3. The number of para-hydroxylation sites is 1. The van der Waals surface area contributed by atoms with Crippen molar-refractivity contribution in [2.24, 2.45) is 0 Å². The molecule has 0 fully saturated rings. The van der Waals surface area contributed by atoms with Crippen LogP contribution in [0.25, 0.3) is 55.3 Å². The molecule has 2 nitrogen and oxygen atoms in total. The second-order valence-electron chi connectivity index (χ2n) is 13.8. The number of benzene rings is 4. The van der Waals surface area contributed by atoms with E-state index < -0.39 is 0 Å². The number of hydrogen-bond acceptors (Lipinski definition) is 2. The minimum Gasteiger partial charge on any atom is -0.313 e. The van der Waals surface area contributed by atoms with Gasteiger partial charge in [-0.2, -0.15) is 0 Å². The number of aryl methyl sites for hydroxylation is 1. The third-order valence-corrected chi connectivity index (χ3v) is 11.4. The lowest BCUT2D eigenvalue weighted by Gasteiger charge is -2.30. The van der Waals surface area contributed by atoms with Gasteiger partial charge in [0.05, 0.1) is 16.7 Å². The molecule has 0 amide bonds. The van der Waals surface area contributed by atoms with Crippen molar-refractivity contribution in [2.75, 3.05) is 4.90 Å². The summed E-state index contributed by atoms with van der Waals surface area (Å²) in [6.45, 7) is 11.2. The normalized spacial score (nSPS) is 14.7. The Labute approximate surface area is 294 Å². The maximum absolute atomic E-state index is 2.52. The summed E-state index contributed by atoms with van der Waals surface area (Å²) in [7, 11) is 0. The van der Waals surface area contributed by atoms with Crippen molar-refractivity contribution in [1.29, 1.82) is 0 Å². The van der Waals surface area contributed by atoms with Crippen LogP contribution in [0.4, 0.5) is 17.1 Å². The monoisotopic (exact) mass is 656 g/mol. The van der Waals surface area contributed by atoms with Crippen molar-refractivity contribution in [2.45, 2.75) is 66.7 Å². The fourth-order valence-corrected chi connectivity index (χ4v) is 8.99. The van der Waals surface area contributed by atoms with Crippen molar-refractivity contribution in [3.63, 3.8) is 0 Å². The Hall–Kier alpha value is -4.86. The van der Waals surface area contributed by atoms with E-state index >= 15 is 0 Å². The highest BCUT2D eigenvalue weighted by molar-refractivity contribution is 7.17. The summed E-state index contributed by atoms with van der Waals surface area (Å²) >= 11 is 1.93. The van der Waals surface area contributed by atoms with Gasteiger partial charge in [-0.15, -0.1) is 11.3 Å². The Morgan fingerprint density at radius 2 is 1.59 bits per heavy atom. The summed E-state index contributed by atoms with van der Waals surface area (Å²) in [5, 5.41) is 5.33. The maximum Gasteiger partial charge on any atom is 0.0542 e. The summed E-state index contributed by atoms with van der Waals surface area (Å²) in [5.74, 6) is 0. The van der Waals surface area contributed by atoms with Crippen molar-refractivity contribution in [1.82, 2.24) is 4.57 Å². The molecule has 2 heterocycles. The van der Waals surface area contributed by atoms with E-state index in [2.05, 4.69) is 159 Å². The first-order valence-corrected chi connectivity index (χ1v) is 18.6. The summed E-state index contributed by atoms with van der Waals surface area (Å²) in [5.41, 5.74) is 14.1. The largest absolute Gasteiger partial charge is 0.313 e. The third kappa shape index (κ3) is 5.51. The molecule has 49 heavy (non-hydrogen) atoms. The van der Waals surface area contributed by atoms with Crippen LogP contribution >= 0.6 is 11.3 Å². The molecule has 0 saturated carbocycles. The van der Waals surface area contributed by atoms with Crippen LogP contribution in [0.2, 0.25) is 0 Å². The summed E-state index contributed by atoms with van der Waals surface area (Å²) < 4.78 is 5.22. The Morgan fingerprint density at radius 3 is 2.43 bits per heavy atom. The fraction of sp³-hybridized carbons (Fsp3) is 0.217. The zero-order valence-corrected chi connectivity index (χ0v) is 30.1. The fourth-order valence-electron chi connectivity index (χ4n) is 7.78. The van der Waals surface area contributed by atoms with Gasteiger partial charge in [-0.3, -0.25) is 0 Å². The highest BCUT2D eigenvalue weighted by atomic mass is 32.1. The molecular formula is C46H44N2S. The molecule has 0 radical (unpaired) electrons. The second kappa shape index (κ2) is 12.9. The molecule has 6 aromatic rings. The topological polar surface area (TPSA) is 8.17 Å². The van der Waals surface area contributed by atoms with E-state index in [9.17, 15) is 0 Å². The van der Waals surface area contributed by atoms with E-state index in [-0.39, 0.29) is 0 Å². The average Bonchev–Trinajstić information content (AvgIpc) is 3.65. The summed E-state index contributed by atoms with van der Waals surface area (Å²) in [6, 6.07) is 29.9. The Bertz CT molecular complexity index is 2520. The van der Waals surface area contributed by atoms with Crippen LogP contribution < -0.4 is 14.7 Å². The Kier molecular flexibility index (Phi) is 8.25. The van der Waals surface area contributed by atoms with Crippen LogP contribution in [0.15, 0.2) is 114 Å². The number of nitrogens with zero attached hydrogens (tertiary/aromatic N) is 2. The van der Waals surface area contributed by atoms with Crippen molar-refractivity contribution < 1.29 is 0 Å². The van der Waals surface area contributed by atoms with Crippen LogP contribution in [-0.2, 0) is 0 Å². The molecule has 0 bridgehead atoms. The number of fused-ring (bicyclic) bond motifs is 6. The van der Waals surface area contributed by atoms with Gasteiger partial charge in [-0.05, 0) is 125 Å². The molecule has 2 aliphatic carbocycles. The quantitative estimate of drug-likeness (QED) is 0.155. The standard InChI is InChI=1S/C46H44N2S/c1-6-33(23-22-30(2)3)48-41-19-11-9-17-37(41)40-28-34(25-27-42(40)48)47(35-24-26-39-38-18-10-12-21-44(38)49-45(39)29-35)43-20-13-15-32(5)46(43)36-16-8-7-14-31(36)4/h8-9,11,13,15-29H,6-7,10,12,14H2,1-5H3/b33-23+. The van der Waals surface area contributed by atoms with Crippen LogP contribution in [0, 0.1) is 6.92 Å². The number of allylic oxidation sites excluding steroid dienone is 8. The first-order chi connectivity index (χ1) is 23.9. The van der Waals surface area contributed by atoms with Gasteiger partial charge in [-0.25, -0.2) is 0 Å². The van der Waals surface area contributed by atoms with Gasteiger partial charge < -0.3 is 9.47 Å². The van der Waals surface area contributed by atoms with E-state index in [1.54, 1.807) is 0 Å². The number of hydrogen-bond donors (Lipinski definition) is 0. The van der Waals surface area contributed by atoms with Crippen LogP contribution in [0.1, 0.15) is 70.9 Å². The minimum absolute atomic E-state index is 0.944. The maximum atomic E-state index is 2.52. The first-order valence-electron chi connectivity index (χ1n) is 17.8. The molecule has 8 rings (SSSR count). The molecule has 0 aliphatic heterocycles. The Balaban J connectivity index is 1.41. The molecule has 244 valence electrons. The zero-order valence-electron chi connectivity index (χ0n) is 29.3. The van der Waals surface area contributed by atoms with Crippen LogP contribution in [0.3, 0.4) is 0 Å². The predicted octanol–water partition coefficient (Wildman–Crippen LogP) is 12.5. The molecule has 0 unspecified atom stereocenters. The van der Waals surface area contributed by atoms with E-state index in [0.717, 1.165) is 32.1 Å². The molecule has 2 aromatic heterocycles. The summed E-state index contributed by atoms with van der Waals surface area (Å²) in [4.78, 5) is 2.52. The van der Waals surface area contributed by atoms with Crippen molar-refractivity contribution in [3.8, 4) is 0 Å². The Morgan fingerprint density at radius 1 is 0.796 bits per heavy atom. The molecule has 0 spiro atoms. The molecule has 0 saturated heterocycles. The molecule has 4 aromatic carbocycles. The lowest BCUT2D eigenvalue weighted by atomic mass is 9.89. The van der Waals surface area contributed by atoms with Crippen molar-refractivity contribution in [3.05, 3.63) is 135 Å². The minimum atomic E-state index is 0.944. The number of rotatable bonds is 7. The zero-order chi connectivity index (χ0) is 33.6. The first kappa shape index (κ1) is 31.4. The highest BCUT2D eigenvalue weighted by Crippen LogP contribution is 2.45. The van der Waals surface area contributed by atoms with Gasteiger partial charge >= 0.3 is 0 Å². The summed E-state index contributed by atoms with van der Waals surface area (Å²) in [6.07, 6.45) is 19.5. The molecular weight excluding hydrogens is 613 g/mol. The molecule has 0 N–H and O–H groups in total. The number of thiophene rings is 1. The van der Waals surface area contributed by atoms with E-state index in [1.807, 2.05) is 11.3 Å².